The second-order valence-corrected chi connectivity index (χ2v) is 8.41. The lowest BCUT2D eigenvalue weighted by Crippen LogP contribution is -2.17. The number of rotatable bonds is 10. The molecule has 37 heavy (non-hydrogen) atoms. The van der Waals surface area contributed by atoms with E-state index in [-0.39, 0.29) is 23.5 Å². The summed E-state index contributed by atoms with van der Waals surface area (Å²) in [4.78, 5) is 16.4. The summed E-state index contributed by atoms with van der Waals surface area (Å²) in [6.07, 6.45) is -0.826. The highest BCUT2D eigenvalue weighted by Gasteiger charge is 2.31. The molecule has 5 nitrogen and oxygen atoms in total. The van der Waals surface area contributed by atoms with E-state index in [1.807, 2.05) is 24.3 Å². The molecule has 1 heterocycles. The third-order valence-electron chi connectivity index (χ3n) is 5.61. The highest BCUT2D eigenvalue weighted by atomic mass is 19.4. The van der Waals surface area contributed by atoms with Crippen LogP contribution in [0.5, 0.6) is 5.75 Å². The van der Waals surface area contributed by atoms with Gasteiger partial charge in [0.15, 0.2) is 5.82 Å². The van der Waals surface area contributed by atoms with Crippen LogP contribution in [-0.2, 0) is 17.6 Å². The fourth-order valence-corrected chi connectivity index (χ4v) is 3.76. The number of hydrogen-bond acceptors (Lipinski definition) is 4. The molecule has 0 amide bonds. The Morgan fingerprint density at radius 3 is 2.32 bits per heavy atom. The van der Waals surface area contributed by atoms with E-state index in [9.17, 15) is 26.7 Å². The molecule has 4 rings (SSSR count). The molecule has 0 aliphatic heterocycles. The molecule has 3 aromatic carbocycles. The quantitative estimate of drug-likeness (QED) is 0.176. The van der Waals surface area contributed by atoms with Crippen molar-refractivity contribution in [2.24, 2.45) is 0 Å². The number of carbonyl (C=O) groups is 1. The second kappa shape index (κ2) is 11.3. The Morgan fingerprint density at radius 2 is 1.65 bits per heavy atom. The molecule has 192 valence electrons. The van der Waals surface area contributed by atoms with E-state index in [1.54, 1.807) is 0 Å². The van der Waals surface area contributed by atoms with Gasteiger partial charge in [-0.15, -0.1) is 18.3 Å². The van der Waals surface area contributed by atoms with Crippen LogP contribution in [0.2, 0.25) is 0 Å². The molecule has 0 fully saturated rings. The maximum atomic E-state index is 13.7. The lowest BCUT2D eigenvalue weighted by molar-refractivity contribution is -0.274. The summed E-state index contributed by atoms with van der Waals surface area (Å²) in [6.45, 7) is 0. The fourth-order valence-electron chi connectivity index (χ4n) is 3.76. The van der Waals surface area contributed by atoms with Gasteiger partial charge in [0.25, 0.3) is 0 Å². The zero-order valence-electron chi connectivity index (χ0n) is 19.5. The number of nitrogens with zero attached hydrogens (tertiary/aromatic N) is 3. The first-order valence-corrected chi connectivity index (χ1v) is 11.5. The molecule has 0 spiro atoms. The second-order valence-electron chi connectivity index (χ2n) is 8.41. The van der Waals surface area contributed by atoms with Gasteiger partial charge in [0.2, 0.25) is 0 Å². The molecule has 1 aromatic heterocycles. The van der Waals surface area contributed by atoms with Gasteiger partial charge in [-0.05, 0) is 60.7 Å². The van der Waals surface area contributed by atoms with Crippen molar-refractivity contribution in [1.82, 2.24) is 14.8 Å². The average molecular weight is 515 g/mol. The molecule has 10 heteroatoms. The zero-order chi connectivity index (χ0) is 26.4. The minimum Gasteiger partial charge on any atom is -0.406 e. The molecular weight excluding hydrogens is 493 g/mol. The first-order valence-electron chi connectivity index (χ1n) is 11.5. The number of carbonyl (C=O) groups excluding carboxylic acids is 1. The van der Waals surface area contributed by atoms with Gasteiger partial charge >= 0.3 is 6.36 Å². The highest BCUT2D eigenvalue weighted by Crippen LogP contribution is 2.24. The number of aryl methyl sites for hydroxylation is 1. The Morgan fingerprint density at radius 1 is 0.919 bits per heavy atom. The van der Waals surface area contributed by atoms with E-state index in [2.05, 4.69) is 14.8 Å². The van der Waals surface area contributed by atoms with Crippen molar-refractivity contribution in [1.29, 1.82) is 0 Å². The molecule has 0 unspecified atom stereocenters. The number of ketones is 1. The molecule has 0 saturated heterocycles. The van der Waals surface area contributed by atoms with Crippen molar-refractivity contribution >= 4 is 5.78 Å². The number of halogens is 5. The van der Waals surface area contributed by atoms with E-state index >= 15 is 0 Å². The van der Waals surface area contributed by atoms with E-state index in [1.165, 1.54) is 41.3 Å². The molecule has 0 saturated carbocycles. The van der Waals surface area contributed by atoms with E-state index < -0.39 is 18.0 Å². The van der Waals surface area contributed by atoms with Crippen LogP contribution in [0.15, 0.2) is 73.1 Å². The maximum Gasteiger partial charge on any atom is 0.573 e. The molecule has 0 atom stereocenters. The summed E-state index contributed by atoms with van der Waals surface area (Å²) in [5, 5.41) is 4.38. The first-order chi connectivity index (χ1) is 17.7. The molecule has 0 radical (unpaired) electrons. The van der Waals surface area contributed by atoms with Crippen LogP contribution in [0.1, 0.15) is 30.4 Å². The standard InChI is InChI=1S/C27H22F5N3O2/c28-21-10-9-20(25(29)16-21)15-23(36)4-2-1-3-18-5-7-19(8-6-18)26-33-17-35(34-26)22-11-13-24(14-12-22)37-27(30,31)32/h5-14,16-17H,1-4,15H2. The Kier molecular flexibility index (Phi) is 7.95. The summed E-state index contributed by atoms with van der Waals surface area (Å²) in [5.41, 5.74) is 2.57. The van der Waals surface area contributed by atoms with Gasteiger partial charge in [-0.2, -0.15) is 0 Å². The first kappa shape index (κ1) is 26.0. The minimum atomic E-state index is -4.75. The van der Waals surface area contributed by atoms with Crippen LogP contribution in [0.3, 0.4) is 0 Å². The van der Waals surface area contributed by atoms with Crippen LogP contribution >= 0.6 is 0 Å². The summed E-state index contributed by atoms with van der Waals surface area (Å²) in [5.74, 6) is -1.33. The predicted molar refractivity (Wildman–Crippen MR) is 126 cm³/mol. The Balaban J connectivity index is 1.26. The number of hydrogen-bond donors (Lipinski definition) is 0. The number of unbranched alkanes of at least 4 members (excludes halogenated alkanes) is 1. The third-order valence-corrected chi connectivity index (χ3v) is 5.61. The molecule has 0 aliphatic rings. The van der Waals surface area contributed by atoms with Gasteiger partial charge in [0.1, 0.15) is 29.5 Å². The topological polar surface area (TPSA) is 57.0 Å². The number of aromatic nitrogens is 3. The molecule has 0 aliphatic carbocycles. The maximum absolute atomic E-state index is 13.7. The Hall–Kier alpha value is -4.08. The van der Waals surface area contributed by atoms with E-state index in [0.717, 1.165) is 36.1 Å². The SMILES string of the molecule is O=C(CCCCc1ccc(-c2ncn(-c3ccc(OC(F)(F)F)cc3)n2)cc1)Cc1ccc(F)cc1F. The number of benzene rings is 3. The average Bonchev–Trinajstić information content (AvgIpc) is 3.34. The predicted octanol–water partition coefficient (Wildman–Crippen LogP) is 6.64. The van der Waals surface area contributed by atoms with Gasteiger partial charge in [-0.3, -0.25) is 4.79 Å². The molecule has 4 aromatic rings. The third kappa shape index (κ3) is 7.45. The Labute approximate surface area is 209 Å². The summed E-state index contributed by atoms with van der Waals surface area (Å²) in [7, 11) is 0. The van der Waals surface area contributed by atoms with Crippen molar-refractivity contribution < 1.29 is 31.5 Å². The van der Waals surface area contributed by atoms with Crippen LogP contribution in [-0.4, -0.2) is 26.9 Å². The molecule has 0 bridgehead atoms. The summed E-state index contributed by atoms with van der Waals surface area (Å²) < 4.78 is 68.9. The van der Waals surface area contributed by atoms with Gasteiger partial charge in [-0.1, -0.05) is 30.3 Å². The number of alkyl halides is 3. The van der Waals surface area contributed by atoms with Crippen LogP contribution < -0.4 is 4.74 Å². The van der Waals surface area contributed by atoms with Crippen molar-refractivity contribution in [3.8, 4) is 22.8 Å². The zero-order valence-corrected chi connectivity index (χ0v) is 19.5. The molecular formula is C27H22F5N3O2. The largest absolute Gasteiger partial charge is 0.573 e. The smallest absolute Gasteiger partial charge is 0.406 e. The monoisotopic (exact) mass is 515 g/mol. The lowest BCUT2D eigenvalue weighted by Gasteiger charge is -2.09. The lowest BCUT2D eigenvalue weighted by atomic mass is 10.0. The van der Waals surface area contributed by atoms with Crippen LogP contribution in [0, 0.1) is 11.6 Å². The Bertz CT molecular complexity index is 1350. The summed E-state index contributed by atoms with van der Waals surface area (Å²) in [6, 6.07) is 16.1. The van der Waals surface area contributed by atoms with Crippen molar-refractivity contribution in [2.75, 3.05) is 0 Å². The van der Waals surface area contributed by atoms with Crippen LogP contribution in [0.4, 0.5) is 22.0 Å². The van der Waals surface area contributed by atoms with Crippen molar-refractivity contribution in [2.45, 2.75) is 38.5 Å². The van der Waals surface area contributed by atoms with Crippen LogP contribution in [0.25, 0.3) is 17.1 Å². The van der Waals surface area contributed by atoms with Gasteiger partial charge in [-0.25, -0.2) is 18.4 Å². The van der Waals surface area contributed by atoms with Crippen molar-refractivity contribution in [3.63, 3.8) is 0 Å². The number of ether oxygens (including phenoxy) is 1. The number of Topliss-reactive ketones (excluding diaryl/α,β-unsaturated/α-hetero) is 1. The van der Waals surface area contributed by atoms with Gasteiger partial charge in [0.05, 0.1) is 5.69 Å². The van der Waals surface area contributed by atoms with Gasteiger partial charge in [0, 0.05) is 24.5 Å². The van der Waals surface area contributed by atoms with E-state index in [4.69, 9.17) is 0 Å². The fraction of sp³-hybridized carbons (Fsp3) is 0.222. The molecule has 0 N–H and O–H groups in total. The summed E-state index contributed by atoms with van der Waals surface area (Å²) >= 11 is 0. The minimum absolute atomic E-state index is 0.0497. The van der Waals surface area contributed by atoms with Crippen molar-refractivity contribution in [3.05, 3.63) is 95.8 Å². The van der Waals surface area contributed by atoms with E-state index in [0.29, 0.717) is 24.4 Å². The normalized spacial score (nSPS) is 11.5. The highest BCUT2D eigenvalue weighted by molar-refractivity contribution is 5.80. The van der Waals surface area contributed by atoms with Gasteiger partial charge < -0.3 is 4.74 Å².